The van der Waals surface area contributed by atoms with Gasteiger partial charge in [-0.3, -0.25) is 0 Å². The number of pyridine rings is 1. The minimum absolute atomic E-state index is 0.303. The van der Waals surface area contributed by atoms with Gasteiger partial charge in [0.2, 0.25) is 0 Å². The number of anilines is 1. The van der Waals surface area contributed by atoms with Gasteiger partial charge < -0.3 is 10.3 Å². The van der Waals surface area contributed by atoms with Crippen molar-refractivity contribution >= 4 is 11.4 Å². The molecule has 3 rings (SSSR count). The fourth-order valence-electron chi connectivity index (χ4n) is 2.26. The number of aromatic nitrogens is 2. The van der Waals surface area contributed by atoms with E-state index in [4.69, 9.17) is 0 Å². The largest absolute Gasteiger partial charge is 0.361 e. The summed E-state index contributed by atoms with van der Waals surface area (Å²) in [6.07, 6.45) is 7.53. The minimum Gasteiger partial charge on any atom is -0.361 e. The summed E-state index contributed by atoms with van der Waals surface area (Å²) >= 11 is 0. The molecule has 1 aliphatic rings. The Morgan fingerprint density at radius 1 is 1.47 bits per heavy atom. The van der Waals surface area contributed by atoms with Gasteiger partial charge in [0.05, 0.1) is 6.20 Å². The Morgan fingerprint density at radius 3 is 3.05 bits per heavy atom. The van der Waals surface area contributed by atoms with Gasteiger partial charge >= 0.3 is 0 Å². The molecule has 0 bridgehead atoms. The maximum absolute atomic E-state index is 14.1. The standard InChI is InChI=1S/C15H14FN3/c1-9(2)13-6-10(7-18-13)14-11-4-3-5-17-15(11)19-8-12(14)16/h3,5-8,18H,1,4H2,2H3,(H,17,19). The van der Waals surface area contributed by atoms with E-state index < -0.39 is 0 Å². The number of rotatable bonds is 2. The topological polar surface area (TPSA) is 40.7 Å². The van der Waals surface area contributed by atoms with Crippen LogP contribution in [0.3, 0.4) is 0 Å². The highest BCUT2D eigenvalue weighted by molar-refractivity contribution is 5.76. The normalized spacial score (nSPS) is 12.9. The second kappa shape index (κ2) is 4.39. The Balaban J connectivity index is 2.16. The Hall–Kier alpha value is -2.36. The third-order valence-corrected chi connectivity index (χ3v) is 3.22. The summed E-state index contributed by atoms with van der Waals surface area (Å²) in [7, 11) is 0. The molecule has 0 amide bonds. The Kier molecular flexibility index (Phi) is 2.71. The molecule has 4 heteroatoms. The zero-order valence-electron chi connectivity index (χ0n) is 10.6. The number of H-pyrrole nitrogens is 1. The van der Waals surface area contributed by atoms with Crippen LogP contribution in [0.15, 0.2) is 37.3 Å². The third kappa shape index (κ3) is 1.95. The summed E-state index contributed by atoms with van der Waals surface area (Å²) in [5.74, 6) is 0.417. The number of nitrogens with one attached hydrogen (secondary N) is 2. The average molecular weight is 255 g/mol. The molecule has 0 fully saturated rings. The summed E-state index contributed by atoms with van der Waals surface area (Å²) in [5, 5.41) is 3.04. The number of hydrogen-bond donors (Lipinski definition) is 2. The summed E-state index contributed by atoms with van der Waals surface area (Å²) in [5.41, 5.74) is 4.15. The Labute approximate surface area is 110 Å². The molecule has 0 spiro atoms. The number of hydrogen-bond acceptors (Lipinski definition) is 2. The number of aromatic amines is 1. The predicted molar refractivity (Wildman–Crippen MR) is 75.2 cm³/mol. The molecule has 0 atom stereocenters. The van der Waals surface area contributed by atoms with Crippen molar-refractivity contribution in [3.05, 3.63) is 54.4 Å². The highest BCUT2D eigenvalue weighted by Crippen LogP contribution is 2.33. The van der Waals surface area contributed by atoms with Crippen LogP contribution >= 0.6 is 0 Å². The van der Waals surface area contributed by atoms with Crippen molar-refractivity contribution < 1.29 is 4.39 Å². The SMILES string of the molecule is C=C(C)c1cc(-c2c(F)cnc3c2CC=CN3)c[nH]1. The molecular formula is C15H14FN3. The Bertz CT molecular complexity index is 683. The van der Waals surface area contributed by atoms with Gasteiger partial charge in [0, 0.05) is 28.6 Å². The van der Waals surface area contributed by atoms with E-state index in [1.807, 2.05) is 25.3 Å². The molecule has 1 aliphatic heterocycles. The lowest BCUT2D eigenvalue weighted by atomic mass is 9.98. The van der Waals surface area contributed by atoms with E-state index in [0.29, 0.717) is 12.0 Å². The van der Waals surface area contributed by atoms with Crippen molar-refractivity contribution in [2.24, 2.45) is 0 Å². The molecule has 2 aromatic rings. The maximum Gasteiger partial charge on any atom is 0.149 e. The molecule has 2 aromatic heterocycles. The summed E-state index contributed by atoms with van der Waals surface area (Å²) in [6, 6.07) is 1.92. The van der Waals surface area contributed by atoms with Crippen molar-refractivity contribution in [2.45, 2.75) is 13.3 Å². The average Bonchev–Trinajstić information content (AvgIpc) is 2.88. The van der Waals surface area contributed by atoms with Crippen molar-refractivity contribution in [3.63, 3.8) is 0 Å². The molecule has 0 saturated carbocycles. The van der Waals surface area contributed by atoms with E-state index in [1.54, 1.807) is 6.20 Å². The molecule has 0 unspecified atom stereocenters. The predicted octanol–water partition coefficient (Wildman–Crippen LogP) is 3.73. The van der Waals surface area contributed by atoms with Crippen LogP contribution in [0, 0.1) is 5.82 Å². The van der Waals surface area contributed by atoms with E-state index in [1.165, 1.54) is 6.20 Å². The number of allylic oxidation sites excluding steroid dienone is 2. The zero-order valence-corrected chi connectivity index (χ0v) is 10.6. The van der Waals surface area contributed by atoms with Crippen LogP contribution in [0.1, 0.15) is 18.2 Å². The summed E-state index contributed by atoms with van der Waals surface area (Å²) in [6.45, 7) is 5.80. The minimum atomic E-state index is -0.303. The quantitative estimate of drug-likeness (QED) is 0.858. The van der Waals surface area contributed by atoms with Gasteiger partial charge in [-0.2, -0.15) is 0 Å². The van der Waals surface area contributed by atoms with Crippen molar-refractivity contribution in [1.29, 1.82) is 0 Å². The van der Waals surface area contributed by atoms with Gasteiger partial charge in [-0.1, -0.05) is 12.7 Å². The van der Waals surface area contributed by atoms with E-state index >= 15 is 0 Å². The zero-order chi connectivity index (χ0) is 13.4. The van der Waals surface area contributed by atoms with Crippen molar-refractivity contribution in [3.8, 4) is 11.1 Å². The van der Waals surface area contributed by atoms with Crippen LogP contribution in [0.5, 0.6) is 0 Å². The lowest BCUT2D eigenvalue weighted by molar-refractivity contribution is 0.623. The van der Waals surface area contributed by atoms with Gasteiger partial charge in [0.15, 0.2) is 0 Å². The van der Waals surface area contributed by atoms with Crippen LogP contribution in [-0.4, -0.2) is 9.97 Å². The highest BCUT2D eigenvalue weighted by atomic mass is 19.1. The summed E-state index contributed by atoms with van der Waals surface area (Å²) < 4.78 is 14.1. The molecular weight excluding hydrogens is 241 g/mol. The molecule has 0 saturated heterocycles. The lowest BCUT2D eigenvalue weighted by Crippen LogP contribution is -2.05. The molecule has 0 aliphatic carbocycles. The van der Waals surface area contributed by atoms with Crippen LogP contribution in [0.4, 0.5) is 10.2 Å². The smallest absolute Gasteiger partial charge is 0.149 e. The molecule has 3 heterocycles. The monoisotopic (exact) mass is 255 g/mol. The van der Waals surface area contributed by atoms with Gasteiger partial charge in [0.25, 0.3) is 0 Å². The fourth-order valence-corrected chi connectivity index (χ4v) is 2.26. The number of halogens is 1. The van der Waals surface area contributed by atoms with E-state index in [9.17, 15) is 4.39 Å². The maximum atomic E-state index is 14.1. The number of nitrogens with zero attached hydrogens (tertiary/aromatic N) is 1. The molecule has 0 aromatic carbocycles. The van der Waals surface area contributed by atoms with Gasteiger partial charge in [-0.15, -0.1) is 0 Å². The first-order valence-electron chi connectivity index (χ1n) is 6.10. The van der Waals surface area contributed by atoms with Crippen LogP contribution in [0.2, 0.25) is 0 Å². The first-order valence-corrected chi connectivity index (χ1v) is 6.10. The van der Waals surface area contributed by atoms with Gasteiger partial charge in [-0.25, -0.2) is 9.37 Å². The first kappa shape index (κ1) is 11.7. The molecule has 2 N–H and O–H groups in total. The van der Waals surface area contributed by atoms with Crippen molar-refractivity contribution in [1.82, 2.24) is 9.97 Å². The van der Waals surface area contributed by atoms with Gasteiger partial charge in [0.1, 0.15) is 11.6 Å². The molecule has 96 valence electrons. The Morgan fingerprint density at radius 2 is 2.32 bits per heavy atom. The molecule has 0 radical (unpaired) electrons. The molecule has 19 heavy (non-hydrogen) atoms. The van der Waals surface area contributed by atoms with Crippen LogP contribution in [-0.2, 0) is 6.42 Å². The fraction of sp³-hybridized carbons (Fsp3) is 0.133. The second-order valence-electron chi connectivity index (χ2n) is 4.64. The third-order valence-electron chi connectivity index (χ3n) is 3.22. The van der Waals surface area contributed by atoms with E-state index in [-0.39, 0.29) is 5.82 Å². The van der Waals surface area contributed by atoms with Crippen molar-refractivity contribution in [2.75, 3.05) is 5.32 Å². The first-order chi connectivity index (χ1) is 9.16. The summed E-state index contributed by atoms with van der Waals surface area (Å²) in [4.78, 5) is 7.19. The molecule has 3 nitrogen and oxygen atoms in total. The van der Waals surface area contributed by atoms with Crippen LogP contribution in [0.25, 0.3) is 16.7 Å². The second-order valence-corrected chi connectivity index (χ2v) is 4.64. The van der Waals surface area contributed by atoms with Crippen LogP contribution < -0.4 is 5.32 Å². The number of fused-ring (bicyclic) bond motifs is 1. The van der Waals surface area contributed by atoms with E-state index in [2.05, 4.69) is 21.9 Å². The lowest BCUT2D eigenvalue weighted by Gasteiger charge is -2.15. The van der Waals surface area contributed by atoms with Gasteiger partial charge in [-0.05, 0) is 31.2 Å². The van der Waals surface area contributed by atoms with E-state index in [0.717, 1.165) is 28.2 Å². The highest BCUT2D eigenvalue weighted by Gasteiger charge is 2.18.